The van der Waals surface area contributed by atoms with Crippen molar-refractivity contribution >= 4 is 22.3 Å². The quantitative estimate of drug-likeness (QED) is 0.220. The summed E-state index contributed by atoms with van der Waals surface area (Å²) in [7, 11) is 3.73. The number of rotatable bonds is 8. The molecule has 328 valence electrons. The van der Waals surface area contributed by atoms with Crippen LogP contribution in [0.3, 0.4) is 0 Å². The summed E-state index contributed by atoms with van der Waals surface area (Å²) >= 11 is 0. The standard InChI is InChI=1S/C24H31NO6S.C19H30N2O3.C2H7N/c1-17-12-14-19(15-13-17)32(27,28)29-16-20-21(18-10-8-7-9-11-18)30-24(5,6)25(20)22(26)31-23(2,3)4;1-18(2,3)24-17(22)21-15(13-20(6)7)16(23-19(21,4)5)14-11-9-8-10-12-14;1-3-2/h7-15,20-21H,16H2,1-6H3;8-12,15-16H,13H2,1-7H3;3H,1-2H3/t20-,21-;15-,16-;/m11./s1. The molecule has 59 heavy (non-hydrogen) atoms. The number of likely N-dealkylation sites (N-methyl/N-ethyl adjacent to an activating group) is 1. The summed E-state index contributed by atoms with van der Waals surface area (Å²) in [5.41, 5.74) is -0.210. The highest BCUT2D eigenvalue weighted by atomic mass is 32.2. The van der Waals surface area contributed by atoms with Crippen LogP contribution in [-0.2, 0) is 33.2 Å². The molecule has 0 spiro atoms. The van der Waals surface area contributed by atoms with Crippen LogP contribution in [0.4, 0.5) is 9.59 Å². The van der Waals surface area contributed by atoms with Gasteiger partial charge in [0.1, 0.15) is 34.9 Å². The molecule has 2 aliphatic heterocycles. The Morgan fingerprint density at radius 1 is 0.695 bits per heavy atom. The van der Waals surface area contributed by atoms with E-state index in [-0.39, 0.29) is 29.7 Å². The van der Waals surface area contributed by atoms with Crippen LogP contribution in [0.1, 0.15) is 98.1 Å². The largest absolute Gasteiger partial charge is 0.444 e. The summed E-state index contributed by atoms with van der Waals surface area (Å²) in [5.74, 6) is 0. The van der Waals surface area contributed by atoms with E-state index in [1.165, 1.54) is 17.0 Å². The Bertz CT molecular complexity index is 1890. The Kier molecular flexibility index (Phi) is 16.7. The van der Waals surface area contributed by atoms with Gasteiger partial charge in [0.15, 0.2) is 0 Å². The van der Waals surface area contributed by atoms with Crippen LogP contribution in [0.25, 0.3) is 0 Å². The van der Waals surface area contributed by atoms with Crippen molar-refractivity contribution in [1.29, 1.82) is 0 Å². The van der Waals surface area contributed by atoms with Gasteiger partial charge in [-0.05, 0) is 128 Å². The maximum absolute atomic E-state index is 13.1. The van der Waals surface area contributed by atoms with Crippen LogP contribution in [-0.4, -0.2) is 111 Å². The smallest absolute Gasteiger partial charge is 0.413 e. The molecule has 4 atom stereocenters. The number of amides is 2. The van der Waals surface area contributed by atoms with Crippen molar-refractivity contribution in [2.24, 2.45) is 0 Å². The van der Waals surface area contributed by atoms with E-state index in [2.05, 4.69) is 10.2 Å². The first kappa shape index (κ1) is 49.3. The zero-order valence-corrected chi connectivity index (χ0v) is 38.5. The molecule has 3 aromatic rings. The van der Waals surface area contributed by atoms with Crippen molar-refractivity contribution in [3.8, 4) is 0 Å². The van der Waals surface area contributed by atoms with E-state index in [1.807, 2.05) is 130 Å². The molecule has 0 aliphatic carbocycles. The van der Waals surface area contributed by atoms with Crippen LogP contribution >= 0.6 is 0 Å². The number of hydrogen-bond donors (Lipinski definition) is 1. The van der Waals surface area contributed by atoms with E-state index >= 15 is 0 Å². The Labute approximate surface area is 353 Å². The van der Waals surface area contributed by atoms with E-state index < -0.39 is 51.0 Å². The van der Waals surface area contributed by atoms with E-state index in [0.717, 1.165) is 16.7 Å². The van der Waals surface area contributed by atoms with Crippen molar-refractivity contribution in [2.45, 2.75) is 128 Å². The second-order valence-electron chi connectivity index (χ2n) is 17.9. The van der Waals surface area contributed by atoms with Crippen molar-refractivity contribution < 1.29 is 41.1 Å². The molecule has 0 aromatic heterocycles. The van der Waals surface area contributed by atoms with Gasteiger partial charge in [-0.1, -0.05) is 78.4 Å². The third kappa shape index (κ3) is 14.0. The number of nitrogens with one attached hydrogen (secondary N) is 1. The van der Waals surface area contributed by atoms with E-state index in [0.29, 0.717) is 6.54 Å². The van der Waals surface area contributed by atoms with Gasteiger partial charge in [-0.25, -0.2) is 9.59 Å². The number of carbonyl (C=O) groups excluding carboxylic acids is 2. The van der Waals surface area contributed by atoms with Gasteiger partial charge in [-0.15, -0.1) is 0 Å². The predicted molar refractivity (Wildman–Crippen MR) is 230 cm³/mol. The normalized spacial score (nSPS) is 21.2. The summed E-state index contributed by atoms with van der Waals surface area (Å²) in [6.45, 7) is 20.6. The number of nitrogens with zero attached hydrogens (tertiary/aromatic N) is 3. The highest BCUT2D eigenvalue weighted by molar-refractivity contribution is 7.86. The molecule has 2 amide bonds. The molecule has 14 heteroatoms. The number of ether oxygens (including phenoxy) is 4. The molecule has 0 unspecified atom stereocenters. The van der Waals surface area contributed by atoms with Gasteiger partial charge in [0.05, 0.1) is 23.6 Å². The Morgan fingerprint density at radius 2 is 1.07 bits per heavy atom. The Balaban J connectivity index is 0.000000306. The Hall–Kier alpha value is -4.05. The molecule has 13 nitrogen and oxygen atoms in total. The lowest BCUT2D eigenvalue weighted by molar-refractivity contribution is -0.0807. The molecule has 2 heterocycles. The molecular formula is C45H68N4O9S. The fourth-order valence-corrected chi connectivity index (χ4v) is 7.73. The lowest BCUT2D eigenvalue weighted by atomic mass is 10.0. The topological polar surface area (TPSA) is 136 Å². The second kappa shape index (κ2) is 20.0. The van der Waals surface area contributed by atoms with E-state index in [1.54, 1.807) is 51.7 Å². The summed E-state index contributed by atoms with van der Waals surface area (Å²) in [5, 5.41) is 2.75. The van der Waals surface area contributed by atoms with Crippen LogP contribution in [0.15, 0.2) is 89.8 Å². The zero-order valence-electron chi connectivity index (χ0n) is 37.7. The van der Waals surface area contributed by atoms with Crippen LogP contribution in [0.5, 0.6) is 0 Å². The highest BCUT2D eigenvalue weighted by Crippen LogP contribution is 2.43. The number of aryl methyl sites for hydroxylation is 1. The van der Waals surface area contributed by atoms with Crippen molar-refractivity contribution in [1.82, 2.24) is 20.0 Å². The van der Waals surface area contributed by atoms with Gasteiger partial charge in [-0.2, -0.15) is 8.42 Å². The Morgan fingerprint density at radius 3 is 1.44 bits per heavy atom. The third-order valence-electron chi connectivity index (χ3n) is 9.05. The molecule has 0 radical (unpaired) electrons. The first-order valence-electron chi connectivity index (χ1n) is 19.9. The van der Waals surface area contributed by atoms with Crippen LogP contribution in [0, 0.1) is 6.92 Å². The number of benzene rings is 3. The average Bonchev–Trinajstić information content (AvgIpc) is 3.54. The van der Waals surface area contributed by atoms with Gasteiger partial charge in [0.25, 0.3) is 10.1 Å². The van der Waals surface area contributed by atoms with Gasteiger partial charge >= 0.3 is 12.2 Å². The van der Waals surface area contributed by atoms with Crippen molar-refractivity contribution in [3.63, 3.8) is 0 Å². The first-order chi connectivity index (χ1) is 27.2. The lowest BCUT2D eigenvalue weighted by Gasteiger charge is -2.36. The highest BCUT2D eigenvalue weighted by Gasteiger charge is 2.53. The molecule has 2 fully saturated rings. The summed E-state index contributed by atoms with van der Waals surface area (Å²) < 4.78 is 54.8. The van der Waals surface area contributed by atoms with Crippen molar-refractivity contribution in [3.05, 3.63) is 102 Å². The molecule has 0 saturated carbocycles. The predicted octanol–water partition coefficient (Wildman–Crippen LogP) is 8.31. The monoisotopic (exact) mass is 840 g/mol. The first-order valence-corrected chi connectivity index (χ1v) is 21.3. The van der Waals surface area contributed by atoms with E-state index in [4.69, 9.17) is 23.1 Å². The van der Waals surface area contributed by atoms with Gasteiger partial charge in [-0.3, -0.25) is 14.0 Å². The molecule has 2 aliphatic rings. The van der Waals surface area contributed by atoms with Crippen molar-refractivity contribution in [2.75, 3.05) is 41.3 Å². The summed E-state index contributed by atoms with van der Waals surface area (Å²) in [6, 6.07) is 25.0. The number of carbonyl (C=O) groups is 2. The average molecular weight is 841 g/mol. The lowest BCUT2D eigenvalue weighted by Crippen LogP contribution is -2.52. The summed E-state index contributed by atoms with van der Waals surface area (Å²) in [6.07, 6.45) is -1.71. The molecule has 0 bridgehead atoms. The second-order valence-corrected chi connectivity index (χ2v) is 19.6. The van der Waals surface area contributed by atoms with Crippen LogP contribution in [0.2, 0.25) is 0 Å². The SMILES string of the molecule is CN(C)C[C@@H]1[C@@H](c2ccccc2)OC(C)(C)N1C(=O)OC(C)(C)C.CNC.Cc1ccc(S(=O)(=O)OC[C@@H]2[C@@H](c3ccccc3)OC(C)(C)N2C(=O)OC(C)(C)C)cc1. The van der Waals surface area contributed by atoms with Crippen LogP contribution < -0.4 is 5.32 Å². The molecule has 2 saturated heterocycles. The molecule has 5 rings (SSSR count). The minimum atomic E-state index is -4.03. The fraction of sp³-hybridized carbons (Fsp3) is 0.556. The minimum absolute atomic E-state index is 0.0568. The van der Waals surface area contributed by atoms with E-state index in [9.17, 15) is 18.0 Å². The minimum Gasteiger partial charge on any atom is -0.444 e. The zero-order chi connectivity index (χ0) is 44.6. The number of hydrogen-bond acceptors (Lipinski definition) is 11. The molecule has 1 N–H and O–H groups in total. The molecule has 3 aromatic carbocycles. The summed E-state index contributed by atoms with van der Waals surface area (Å²) in [4.78, 5) is 31.3. The van der Waals surface area contributed by atoms with Gasteiger partial charge in [0, 0.05) is 6.54 Å². The molecular weight excluding hydrogens is 773 g/mol. The maximum atomic E-state index is 13.1. The van der Waals surface area contributed by atoms with Gasteiger partial charge < -0.3 is 29.2 Å². The van der Waals surface area contributed by atoms with Gasteiger partial charge in [0.2, 0.25) is 0 Å². The third-order valence-corrected chi connectivity index (χ3v) is 10.3. The maximum Gasteiger partial charge on any atom is 0.413 e. The fourth-order valence-electron chi connectivity index (χ4n) is 6.81.